The molecule has 32 heavy (non-hydrogen) atoms. The number of fused-ring (bicyclic) bond motifs is 2. The van der Waals surface area contributed by atoms with Gasteiger partial charge in [0, 0.05) is 19.5 Å². The van der Waals surface area contributed by atoms with Crippen molar-refractivity contribution >= 4 is 28.7 Å². The maximum Gasteiger partial charge on any atom is 0.233 e. The van der Waals surface area contributed by atoms with Crippen molar-refractivity contribution in [3.05, 3.63) is 60.7 Å². The summed E-state index contributed by atoms with van der Waals surface area (Å²) in [5.74, 6) is 2.08. The Morgan fingerprint density at radius 1 is 1.16 bits per heavy atom. The van der Waals surface area contributed by atoms with Crippen LogP contribution in [0.4, 0.5) is 0 Å². The summed E-state index contributed by atoms with van der Waals surface area (Å²) < 4.78 is 13.7. The Bertz CT molecular complexity index is 1140. The van der Waals surface area contributed by atoms with Crippen molar-refractivity contribution in [3.63, 3.8) is 0 Å². The lowest BCUT2D eigenvalue weighted by molar-refractivity contribution is -0.129. The molecule has 1 fully saturated rings. The Hall–Kier alpha value is -2.93. The van der Waals surface area contributed by atoms with Gasteiger partial charge in [-0.25, -0.2) is 4.98 Å². The Kier molecular flexibility index (Phi) is 6.08. The molecule has 166 valence electrons. The van der Waals surface area contributed by atoms with E-state index in [2.05, 4.69) is 23.3 Å². The zero-order chi connectivity index (χ0) is 21.9. The van der Waals surface area contributed by atoms with Gasteiger partial charge in [-0.15, -0.1) is 6.58 Å². The van der Waals surface area contributed by atoms with Gasteiger partial charge in [0.15, 0.2) is 16.7 Å². The number of para-hydroxylation sites is 2. The van der Waals surface area contributed by atoms with Crippen LogP contribution in [0.5, 0.6) is 11.5 Å². The third kappa shape index (κ3) is 4.09. The summed E-state index contributed by atoms with van der Waals surface area (Å²) >= 11 is 1.50. The number of aromatic nitrogens is 2. The minimum atomic E-state index is 0.0762. The molecule has 7 heteroatoms. The molecule has 2 aromatic carbocycles. The Morgan fingerprint density at radius 2 is 2.00 bits per heavy atom. The van der Waals surface area contributed by atoms with Crippen LogP contribution >= 0.6 is 11.8 Å². The molecule has 5 rings (SSSR count). The van der Waals surface area contributed by atoms with Gasteiger partial charge in [-0.3, -0.25) is 4.79 Å². The predicted octanol–water partition coefficient (Wildman–Crippen LogP) is 4.84. The number of benzene rings is 2. The summed E-state index contributed by atoms with van der Waals surface area (Å²) in [6.45, 7) is 6.65. The number of rotatable bonds is 6. The third-order valence-corrected chi connectivity index (χ3v) is 6.95. The van der Waals surface area contributed by atoms with E-state index in [0.29, 0.717) is 25.5 Å². The number of carbonyl (C=O) groups excluding carboxylic acids is 1. The average Bonchev–Trinajstić information content (AvgIpc) is 3.36. The SMILES string of the molecule is C=CCn1c(SCC(=O)N2CCCC2c2ccc3c(c2)OCCCO3)nc2ccccc21. The molecule has 0 aliphatic carbocycles. The van der Waals surface area contributed by atoms with Gasteiger partial charge < -0.3 is 18.9 Å². The first kappa shape index (κ1) is 20.9. The molecule has 0 radical (unpaired) electrons. The van der Waals surface area contributed by atoms with Gasteiger partial charge in [-0.1, -0.05) is 36.0 Å². The molecule has 3 heterocycles. The fourth-order valence-corrected chi connectivity index (χ4v) is 5.39. The molecule has 0 N–H and O–H groups in total. The van der Waals surface area contributed by atoms with E-state index in [-0.39, 0.29) is 11.9 Å². The number of nitrogens with zero attached hydrogens (tertiary/aromatic N) is 3. The van der Waals surface area contributed by atoms with Gasteiger partial charge in [0.2, 0.25) is 5.91 Å². The first-order valence-corrected chi connectivity index (χ1v) is 12.1. The van der Waals surface area contributed by atoms with Crippen LogP contribution in [0.25, 0.3) is 11.0 Å². The molecule has 2 aliphatic heterocycles. The maximum absolute atomic E-state index is 13.2. The number of imidazole rings is 1. The lowest BCUT2D eigenvalue weighted by atomic mass is 10.0. The number of hydrogen-bond donors (Lipinski definition) is 0. The van der Waals surface area contributed by atoms with Crippen LogP contribution in [0.2, 0.25) is 0 Å². The molecule has 1 saturated heterocycles. The summed E-state index contributed by atoms with van der Waals surface area (Å²) in [6, 6.07) is 14.2. The van der Waals surface area contributed by atoms with E-state index >= 15 is 0 Å². The van der Waals surface area contributed by atoms with Crippen LogP contribution in [0.3, 0.4) is 0 Å². The average molecular weight is 450 g/mol. The topological polar surface area (TPSA) is 56.6 Å². The van der Waals surface area contributed by atoms with E-state index in [1.54, 1.807) is 0 Å². The van der Waals surface area contributed by atoms with Crippen LogP contribution in [-0.2, 0) is 11.3 Å². The second kappa shape index (κ2) is 9.28. The highest BCUT2D eigenvalue weighted by Crippen LogP contribution is 2.38. The standard InChI is InChI=1S/C25H27N3O3S/c1-2-12-28-21-8-4-3-7-19(21)26-25(28)32-17-24(29)27-13-5-9-20(27)18-10-11-22-23(16-18)31-15-6-14-30-22/h2-4,7-8,10-11,16,20H,1,5-6,9,12-15,17H2. The van der Waals surface area contributed by atoms with Gasteiger partial charge in [0.05, 0.1) is 36.0 Å². The van der Waals surface area contributed by atoms with E-state index in [1.165, 1.54) is 11.8 Å². The monoisotopic (exact) mass is 449 g/mol. The van der Waals surface area contributed by atoms with E-state index in [9.17, 15) is 4.79 Å². The summed E-state index contributed by atoms with van der Waals surface area (Å²) in [4.78, 5) is 20.0. The van der Waals surface area contributed by atoms with E-state index in [0.717, 1.165) is 59.1 Å². The third-order valence-electron chi connectivity index (χ3n) is 5.99. The zero-order valence-corrected chi connectivity index (χ0v) is 18.9. The van der Waals surface area contributed by atoms with Crippen molar-refractivity contribution in [1.29, 1.82) is 0 Å². The molecule has 3 aromatic rings. The number of amides is 1. The lowest BCUT2D eigenvalue weighted by Crippen LogP contribution is -2.32. The Balaban J connectivity index is 1.32. The van der Waals surface area contributed by atoms with E-state index in [1.807, 2.05) is 41.3 Å². The smallest absolute Gasteiger partial charge is 0.233 e. The van der Waals surface area contributed by atoms with Gasteiger partial charge in [-0.2, -0.15) is 0 Å². The first-order valence-electron chi connectivity index (χ1n) is 11.1. The molecule has 0 bridgehead atoms. The van der Waals surface area contributed by atoms with Crippen LogP contribution in [0.1, 0.15) is 30.9 Å². The van der Waals surface area contributed by atoms with Crippen molar-refractivity contribution in [3.8, 4) is 11.5 Å². The number of hydrogen-bond acceptors (Lipinski definition) is 5. The van der Waals surface area contributed by atoms with E-state index in [4.69, 9.17) is 14.5 Å². The minimum absolute atomic E-state index is 0.0762. The fourth-order valence-electron chi connectivity index (χ4n) is 4.48. The Labute approximate surface area is 192 Å². The molecule has 1 atom stereocenters. The predicted molar refractivity (Wildman–Crippen MR) is 126 cm³/mol. The van der Waals surface area contributed by atoms with Crippen LogP contribution in [0.15, 0.2) is 60.3 Å². The number of allylic oxidation sites excluding steroid dienone is 1. The number of ether oxygens (including phenoxy) is 2. The van der Waals surface area contributed by atoms with Crippen molar-refractivity contribution < 1.29 is 14.3 Å². The van der Waals surface area contributed by atoms with Crippen molar-refractivity contribution in [1.82, 2.24) is 14.5 Å². The molecular formula is C25H27N3O3S. The molecular weight excluding hydrogens is 422 g/mol. The zero-order valence-electron chi connectivity index (χ0n) is 18.0. The lowest BCUT2D eigenvalue weighted by Gasteiger charge is -2.25. The van der Waals surface area contributed by atoms with Crippen molar-refractivity contribution in [2.75, 3.05) is 25.5 Å². The van der Waals surface area contributed by atoms with Gasteiger partial charge in [0.25, 0.3) is 0 Å². The van der Waals surface area contributed by atoms with Gasteiger partial charge >= 0.3 is 0 Å². The highest BCUT2D eigenvalue weighted by molar-refractivity contribution is 7.99. The largest absolute Gasteiger partial charge is 0.490 e. The second-order valence-electron chi connectivity index (χ2n) is 8.07. The van der Waals surface area contributed by atoms with Crippen LogP contribution in [-0.4, -0.2) is 45.9 Å². The second-order valence-corrected chi connectivity index (χ2v) is 9.02. The normalized spacial score (nSPS) is 18.0. The molecule has 1 unspecified atom stereocenters. The molecule has 0 spiro atoms. The molecule has 1 aromatic heterocycles. The number of likely N-dealkylation sites (tertiary alicyclic amines) is 1. The van der Waals surface area contributed by atoms with Crippen molar-refractivity contribution in [2.45, 2.75) is 37.0 Å². The quantitative estimate of drug-likeness (QED) is 0.398. The van der Waals surface area contributed by atoms with Gasteiger partial charge in [0.1, 0.15) is 0 Å². The van der Waals surface area contributed by atoms with Crippen molar-refractivity contribution in [2.24, 2.45) is 0 Å². The summed E-state index contributed by atoms with van der Waals surface area (Å²) in [6.07, 6.45) is 4.71. The fraction of sp³-hybridized carbons (Fsp3) is 0.360. The number of carbonyl (C=O) groups is 1. The maximum atomic E-state index is 13.2. The molecule has 0 saturated carbocycles. The first-order chi connectivity index (χ1) is 15.7. The minimum Gasteiger partial charge on any atom is -0.490 e. The Morgan fingerprint density at radius 3 is 2.88 bits per heavy atom. The van der Waals surface area contributed by atoms with E-state index < -0.39 is 0 Å². The summed E-state index contributed by atoms with van der Waals surface area (Å²) in [7, 11) is 0. The number of thioether (sulfide) groups is 1. The van der Waals surface area contributed by atoms with Crippen LogP contribution in [0, 0.1) is 0 Å². The summed E-state index contributed by atoms with van der Waals surface area (Å²) in [5, 5.41) is 0.853. The highest BCUT2D eigenvalue weighted by atomic mass is 32.2. The highest BCUT2D eigenvalue weighted by Gasteiger charge is 2.31. The summed E-state index contributed by atoms with van der Waals surface area (Å²) in [5.41, 5.74) is 3.12. The van der Waals surface area contributed by atoms with Gasteiger partial charge in [-0.05, 0) is 42.7 Å². The molecule has 6 nitrogen and oxygen atoms in total. The molecule has 2 aliphatic rings. The molecule has 1 amide bonds. The van der Waals surface area contributed by atoms with Crippen LogP contribution < -0.4 is 9.47 Å².